The molecule has 1 rings (SSSR count). The molecule has 0 saturated heterocycles. The van der Waals surface area contributed by atoms with Gasteiger partial charge in [0.05, 0.1) is 0 Å². The Morgan fingerprint density at radius 1 is 1.35 bits per heavy atom. The summed E-state index contributed by atoms with van der Waals surface area (Å²) in [6.45, 7) is 5.73. The Hall–Kier alpha value is -1.08. The molecule has 1 heterocycles. The van der Waals surface area contributed by atoms with Crippen LogP contribution in [0.15, 0.2) is 6.07 Å². The monoisotopic (exact) mass is 311 g/mol. The van der Waals surface area contributed by atoms with Gasteiger partial charge in [-0.05, 0) is 23.9 Å². The summed E-state index contributed by atoms with van der Waals surface area (Å²) in [5.41, 5.74) is -1.06. The van der Waals surface area contributed by atoms with Gasteiger partial charge in [-0.2, -0.15) is 13.2 Å². The zero-order valence-electron chi connectivity index (χ0n) is 11.3. The van der Waals surface area contributed by atoms with Crippen LogP contribution in [0.1, 0.15) is 26.0 Å². The lowest BCUT2D eigenvalue weighted by molar-refractivity contribution is -0.141. The summed E-state index contributed by atoms with van der Waals surface area (Å²) >= 11 is 5.47. The lowest BCUT2D eigenvalue weighted by Gasteiger charge is -2.10. The molecule has 114 valence electrons. The van der Waals surface area contributed by atoms with Crippen molar-refractivity contribution >= 4 is 17.4 Å². The Labute approximate surface area is 120 Å². The molecule has 4 nitrogen and oxygen atoms in total. The second-order valence-corrected chi connectivity index (χ2v) is 4.99. The van der Waals surface area contributed by atoms with Gasteiger partial charge in [0.25, 0.3) is 0 Å². The molecule has 8 heteroatoms. The summed E-state index contributed by atoms with van der Waals surface area (Å²) in [6, 6.07) is 0.834. The van der Waals surface area contributed by atoms with Gasteiger partial charge in [-0.1, -0.05) is 13.8 Å². The van der Waals surface area contributed by atoms with Crippen molar-refractivity contribution in [2.24, 2.45) is 5.92 Å². The van der Waals surface area contributed by atoms with Crippen molar-refractivity contribution < 1.29 is 17.9 Å². The third-order valence-corrected chi connectivity index (χ3v) is 2.38. The number of nitrogens with zero attached hydrogens (tertiary/aromatic N) is 2. The van der Waals surface area contributed by atoms with Gasteiger partial charge in [-0.25, -0.2) is 9.97 Å². The summed E-state index contributed by atoms with van der Waals surface area (Å²) in [7, 11) is 0. The molecular weight excluding hydrogens is 295 g/mol. The second-order valence-electron chi connectivity index (χ2n) is 4.65. The van der Waals surface area contributed by atoms with Crippen LogP contribution in [0, 0.1) is 5.92 Å². The van der Waals surface area contributed by atoms with Crippen LogP contribution in [0.5, 0.6) is 0 Å². The van der Waals surface area contributed by atoms with Crippen LogP contribution in [-0.4, -0.2) is 29.7 Å². The van der Waals surface area contributed by atoms with Gasteiger partial charge < -0.3 is 10.1 Å². The minimum Gasteiger partial charge on any atom is -0.381 e. The average Bonchev–Trinajstić information content (AvgIpc) is 2.31. The first-order valence-electron chi connectivity index (χ1n) is 6.22. The molecule has 20 heavy (non-hydrogen) atoms. The number of rotatable bonds is 7. The van der Waals surface area contributed by atoms with Crippen LogP contribution in [0.2, 0.25) is 5.28 Å². The zero-order chi connectivity index (χ0) is 15.2. The van der Waals surface area contributed by atoms with E-state index in [1.807, 2.05) is 13.8 Å². The molecule has 1 aromatic heterocycles. The highest BCUT2D eigenvalue weighted by atomic mass is 35.5. The lowest BCUT2D eigenvalue weighted by atomic mass is 10.2. The number of ether oxygens (including phenoxy) is 1. The molecule has 0 fully saturated rings. The SMILES string of the molecule is CC(C)COCCCNc1cc(C(F)(F)F)nc(Cl)n1. The van der Waals surface area contributed by atoms with E-state index in [1.165, 1.54) is 0 Å². The number of hydrogen-bond acceptors (Lipinski definition) is 4. The molecule has 0 amide bonds. The van der Waals surface area contributed by atoms with Gasteiger partial charge >= 0.3 is 6.18 Å². The highest BCUT2D eigenvalue weighted by Crippen LogP contribution is 2.29. The molecule has 0 aliphatic carbocycles. The lowest BCUT2D eigenvalue weighted by Crippen LogP contribution is -2.13. The largest absolute Gasteiger partial charge is 0.433 e. The average molecular weight is 312 g/mol. The Bertz CT molecular complexity index is 427. The molecule has 0 aromatic carbocycles. The fourth-order valence-corrected chi connectivity index (χ4v) is 1.55. The van der Waals surface area contributed by atoms with Crippen LogP contribution in [0.25, 0.3) is 0 Å². The number of anilines is 1. The van der Waals surface area contributed by atoms with Crippen molar-refractivity contribution in [2.75, 3.05) is 25.1 Å². The smallest absolute Gasteiger partial charge is 0.381 e. The molecule has 1 aromatic rings. The van der Waals surface area contributed by atoms with Crippen molar-refractivity contribution in [3.05, 3.63) is 17.0 Å². The Morgan fingerprint density at radius 3 is 2.65 bits per heavy atom. The van der Waals surface area contributed by atoms with Gasteiger partial charge in [-0.15, -0.1) is 0 Å². The Kier molecular flexibility index (Phi) is 6.48. The molecule has 0 radical (unpaired) electrons. The van der Waals surface area contributed by atoms with E-state index in [2.05, 4.69) is 15.3 Å². The highest BCUT2D eigenvalue weighted by molar-refractivity contribution is 6.28. The normalized spacial score (nSPS) is 11.9. The summed E-state index contributed by atoms with van der Waals surface area (Å²) < 4.78 is 42.9. The van der Waals surface area contributed by atoms with E-state index in [0.29, 0.717) is 32.1 Å². The minimum atomic E-state index is -4.54. The van der Waals surface area contributed by atoms with E-state index in [-0.39, 0.29) is 5.82 Å². The van der Waals surface area contributed by atoms with Crippen molar-refractivity contribution in [3.8, 4) is 0 Å². The highest BCUT2D eigenvalue weighted by Gasteiger charge is 2.33. The quantitative estimate of drug-likeness (QED) is 0.617. The van der Waals surface area contributed by atoms with Crippen molar-refractivity contribution in [1.29, 1.82) is 0 Å². The molecule has 0 aliphatic rings. The standard InChI is InChI=1S/C12H17ClF3N3O/c1-8(2)7-20-5-3-4-17-10-6-9(12(14,15)16)18-11(13)19-10/h6,8H,3-5,7H2,1-2H3,(H,17,18,19). The van der Waals surface area contributed by atoms with Gasteiger partial charge in [0.1, 0.15) is 5.82 Å². The number of nitrogens with one attached hydrogen (secondary N) is 1. The summed E-state index contributed by atoms with van der Waals surface area (Å²) in [4.78, 5) is 6.84. The zero-order valence-corrected chi connectivity index (χ0v) is 12.1. The van der Waals surface area contributed by atoms with Gasteiger partial charge in [0.15, 0.2) is 5.69 Å². The molecule has 0 saturated carbocycles. The number of hydrogen-bond donors (Lipinski definition) is 1. The summed E-state index contributed by atoms with van der Waals surface area (Å²) in [6.07, 6.45) is -3.88. The predicted octanol–water partition coefficient (Wildman–Crippen LogP) is 3.62. The van der Waals surface area contributed by atoms with Crippen LogP contribution in [-0.2, 0) is 10.9 Å². The molecule has 0 spiro atoms. The first-order chi connectivity index (χ1) is 9.29. The second kappa shape index (κ2) is 7.64. The van der Waals surface area contributed by atoms with Gasteiger partial charge in [0, 0.05) is 25.8 Å². The van der Waals surface area contributed by atoms with E-state index in [0.717, 1.165) is 6.07 Å². The maximum absolute atomic E-state index is 12.5. The number of halogens is 4. The minimum absolute atomic E-state index is 0.0567. The molecule has 0 atom stereocenters. The number of alkyl halides is 3. The van der Waals surface area contributed by atoms with Crippen LogP contribution >= 0.6 is 11.6 Å². The van der Waals surface area contributed by atoms with E-state index in [1.54, 1.807) is 0 Å². The van der Waals surface area contributed by atoms with Gasteiger partial charge in [-0.3, -0.25) is 0 Å². The third-order valence-electron chi connectivity index (χ3n) is 2.21. The molecule has 0 bridgehead atoms. The molecule has 0 aliphatic heterocycles. The van der Waals surface area contributed by atoms with Crippen LogP contribution < -0.4 is 5.32 Å². The molecular formula is C12H17ClF3N3O. The van der Waals surface area contributed by atoms with Gasteiger partial charge in [0.2, 0.25) is 5.28 Å². The maximum Gasteiger partial charge on any atom is 0.433 e. The van der Waals surface area contributed by atoms with Crippen molar-refractivity contribution in [1.82, 2.24) is 9.97 Å². The Balaban J connectivity index is 2.42. The summed E-state index contributed by atoms with van der Waals surface area (Å²) in [5, 5.41) is 2.34. The predicted molar refractivity (Wildman–Crippen MR) is 70.8 cm³/mol. The molecule has 0 unspecified atom stereocenters. The van der Waals surface area contributed by atoms with E-state index >= 15 is 0 Å². The summed E-state index contributed by atoms with van der Waals surface area (Å²) in [5.74, 6) is 0.513. The third kappa shape index (κ3) is 6.38. The van der Waals surface area contributed by atoms with Crippen molar-refractivity contribution in [2.45, 2.75) is 26.4 Å². The van der Waals surface area contributed by atoms with Crippen LogP contribution in [0.3, 0.4) is 0 Å². The van der Waals surface area contributed by atoms with E-state index in [4.69, 9.17) is 16.3 Å². The fraction of sp³-hybridized carbons (Fsp3) is 0.667. The van der Waals surface area contributed by atoms with Crippen molar-refractivity contribution in [3.63, 3.8) is 0 Å². The van der Waals surface area contributed by atoms with Crippen LogP contribution in [0.4, 0.5) is 19.0 Å². The molecule has 1 N–H and O–H groups in total. The number of aromatic nitrogens is 2. The van der Waals surface area contributed by atoms with E-state index in [9.17, 15) is 13.2 Å². The topological polar surface area (TPSA) is 47.0 Å². The first kappa shape index (κ1) is 17.0. The maximum atomic E-state index is 12.5. The first-order valence-corrected chi connectivity index (χ1v) is 6.60. The van der Waals surface area contributed by atoms with E-state index < -0.39 is 17.2 Å². The Morgan fingerprint density at radius 2 is 2.05 bits per heavy atom. The fourth-order valence-electron chi connectivity index (χ4n) is 1.36.